The van der Waals surface area contributed by atoms with E-state index in [0.717, 1.165) is 51.4 Å². The van der Waals surface area contributed by atoms with Gasteiger partial charge in [-0.15, -0.1) is 0 Å². The molecule has 3 atom stereocenters. The van der Waals surface area contributed by atoms with Crippen LogP contribution in [0.2, 0.25) is 0 Å². The van der Waals surface area contributed by atoms with Crippen molar-refractivity contribution in [2.75, 3.05) is 40.9 Å². The summed E-state index contributed by atoms with van der Waals surface area (Å²) in [5, 5.41) is 13.7. The molecule has 0 aromatic carbocycles. The summed E-state index contributed by atoms with van der Waals surface area (Å²) in [6.07, 6.45) is 33.8. The van der Waals surface area contributed by atoms with Gasteiger partial charge in [0.1, 0.15) is 13.2 Å². The molecule has 1 amide bonds. The Kier molecular flexibility index (Phi) is 30.3. The lowest BCUT2D eigenvalue weighted by Gasteiger charge is -2.25. The molecule has 0 aliphatic rings. The molecule has 0 fully saturated rings. The molecule has 0 saturated heterocycles. The first kappa shape index (κ1) is 46.0. The number of carbonyl (C=O) groups is 1. The fraction of sp³-hybridized carbons (Fsp3) is 0.868. The second kappa shape index (κ2) is 31.0. The molecule has 0 aromatic rings. The fourth-order valence-electron chi connectivity index (χ4n) is 5.27. The summed E-state index contributed by atoms with van der Waals surface area (Å²) in [6, 6.07) is -0.845. The molecule has 278 valence electrons. The Hall–Kier alpha value is -1.02. The summed E-state index contributed by atoms with van der Waals surface area (Å²) in [7, 11) is 1.56. The average molecular weight is 688 g/mol. The largest absolute Gasteiger partial charge is 0.472 e. The van der Waals surface area contributed by atoms with Crippen LogP contribution in [-0.4, -0.2) is 73.4 Å². The molecule has 0 radical (unpaired) electrons. The topological polar surface area (TPSA) is 105 Å². The van der Waals surface area contributed by atoms with Crippen LogP contribution in [-0.2, 0) is 18.4 Å². The molecule has 0 bridgehead atoms. The van der Waals surface area contributed by atoms with Gasteiger partial charge in [0.15, 0.2) is 0 Å². The predicted octanol–water partition coefficient (Wildman–Crippen LogP) is 9.80. The lowest BCUT2D eigenvalue weighted by Crippen LogP contribution is -2.45. The molecular weight excluding hydrogens is 611 g/mol. The number of hydrogen-bond acceptors (Lipinski definition) is 5. The molecule has 8 nitrogen and oxygen atoms in total. The van der Waals surface area contributed by atoms with Crippen LogP contribution >= 0.6 is 7.82 Å². The SMILES string of the molecule is CCCCCC/C=C/CCCCCCCC(=O)N[C@@H](COP(=O)(O)OCC[N+](C)(C)C)[C@H](O)/C=C/CCCCCCCCCCCC. The molecule has 0 spiro atoms. The molecule has 1 unspecified atom stereocenters. The molecule has 0 rings (SSSR count). The number of nitrogens with zero attached hydrogens (tertiary/aromatic N) is 1. The number of unbranched alkanes of at least 4 members (excludes halogenated alkanes) is 19. The van der Waals surface area contributed by atoms with Crippen molar-refractivity contribution in [3.63, 3.8) is 0 Å². The maximum atomic E-state index is 12.8. The lowest BCUT2D eigenvalue weighted by atomic mass is 10.1. The first-order valence-electron chi connectivity index (χ1n) is 19.2. The molecule has 0 aromatic heterocycles. The molecular formula is C38H76N2O6P+. The number of amides is 1. The van der Waals surface area contributed by atoms with Crippen LogP contribution in [0.4, 0.5) is 0 Å². The highest BCUT2D eigenvalue weighted by Gasteiger charge is 2.27. The number of likely N-dealkylation sites (N-methyl/N-ethyl adjacent to an activating group) is 1. The second-order valence-corrected chi connectivity index (χ2v) is 15.8. The first-order chi connectivity index (χ1) is 22.5. The number of hydrogen-bond donors (Lipinski definition) is 3. The summed E-state index contributed by atoms with van der Waals surface area (Å²) < 4.78 is 23.4. The third-order valence-electron chi connectivity index (χ3n) is 8.42. The minimum absolute atomic E-state index is 0.0605. The Morgan fingerprint density at radius 1 is 0.702 bits per heavy atom. The highest BCUT2D eigenvalue weighted by atomic mass is 31.2. The van der Waals surface area contributed by atoms with Gasteiger partial charge in [-0.1, -0.05) is 134 Å². The number of phosphoric acid groups is 1. The van der Waals surface area contributed by atoms with Gasteiger partial charge in [0.05, 0.1) is 39.9 Å². The van der Waals surface area contributed by atoms with Crippen LogP contribution in [0.15, 0.2) is 24.3 Å². The van der Waals surface area contributed by atoms with Gasteiger partial charge in [-0.05, 0) is 44.9 Å². The zero-order valence-corrected chi connectivity index (χ0v) is 32.2. The van der Waals surface area contributed by atoms with E-state index in [1.807, 2.05) is 27.2 Å². The summed E-state index contributed by atoms with van der Waals surface area (Å²) in [6.45, 7) is 4.76. The number of nitrogens with one attached hydrogen (secondary N) is 1. The van der Waals surface area contributed by atoms with Crippen molar-refractivity contribution < 1.29 is 32.9 Å². The Bertz CT molecular complexity index is 829. The van der Waals surface area contributed by atoms with Gasteiger partial charge in [0.25, 0.3) is 0 Å². The fourth-order valence-corrected chi connectivity index (χ4v) is 6.00. The smallest absolute Gasteiger partial charge is 0.387 e. The van der Waals surface area contributed by atoms with Crippen LogP contribution in [0.1, 0.15) is 162 Å². The van der Waals surface area contributed by atoms with Gasteiger partial charge in [-0.2, -0.15) is 0 Å². The van der Waals surface area contributed by atoms with Crippen LogP contribution in [0.3, 0.4) is 0 Å². The van der Waals surface area contributed by atoms with Crippen molar-refractivity contribution in [2.24, 2.45) is 0 Å². The van der Waals surface area contributed by atoms with E-state index in [1.165, 1.54) is 89.9 Å². The van der Waals surface area contributed by atoms with Crippen LogP contribution < -0.4 is 5.32 Å². The van der Waals surface area contributed by atoms with Crippen molar-refractivity contribution in [2.45, 2.75) is 174 Å². The Labute approximate surface area is 290 Å². The van der Waals surface area contributed by atoms with Crippen LogP contribution in [0, 0.1) is 0 Å². The molecule has 0 heterocycles. The molecule has 9 heteroatoms. The maximum absolute atomic E-state index is 12.8. The van der Waals surface area contributed by atoms with E-state index in [4.69, 9.17) is 9.05 Å². The highest BCUT2D eigenvalue weighted by molar-refractivity contribution is 7.47. The van der Waals surface area contributed by atoms with Gasteiger partial charge >= 0.3 is 7.82 Å². The number of allylic oxidation sites excluding steroid dienone is 3. The van der Waals surface area contributed by atoms with Crippen LogP contribution in [0.25, 0.3) is 0 Å². The zero-order chi connectivity index (χ0) is 35.1. The van der Waals surface area contributed by atoms with Gasteiger partial charge < -0.3 is 19.8 Å². The van der Waals surface area contributed by atoms with Gasteiger partial charge in [-0.25, -0.2) is 4.57 Å². The highest BCUT2D eigenvalue weighted by Crippen LogP contribution is 2.43. The molecule has 0 aliphatic carbocycles. The minimum Gasteiger partial charge on any atom is -0.387 e. The van der Waals surface area contributed by atoms with Crippen molar-refractivity contribution >= 4 is 13.7 Å². The summed E-state index contributed by atoms with van der Waals surface area (Å²) >= 11 is 0. The number of rotatable bonds is 34. The molecule has 0 aliphatic heterocycles. The van der Waals surface area contributed by atoms with Gasteiger partial charge in [0.2, 0.25) is 5.91 Å². The van der Waals surface area contributed by atoms with E-state index in [1.54, 1.807) is 6.08 Å². The number of quaternary nitrogens is 1. The monoisotopic (exact) mass is 688 g/mol. The van der Waals surface area contributed by atoms with Crippen LogP contribution in [0.5, 0.6) is 0 Å². The van der Waals surface area contributed by atoms with E-state index in [0.29, 0.717) is 17.4 Å². The number of aliphatic hydroxyl groups is 1. The Morgan fingerprint density at radius 3 is 1.66 bits per heavy atom. The van der Waals surface area contributed by atoms with Crippen molar-refractivity contribution in [3.8, 4) is 0 Å². The van der Waals surface area contributed by atoms with E-state index >= 15 is 0 Å². The third-order valence-corrected chi connectivity index (χ3v) is 9.40. The van der Waals surface area contributed by atoms with E-state index in [2.05, 4.69) is 31.3 Å². The Morgan fingerprint density at radius 2 is 1.15 bits per heavy atom. The second-order valence-electron chi connectivity index (χ2n) is 14.3. The summed E-state index contributed by atoms with van der Waals surface area (Å²) in [4.78, 5) is 23.0. The lowest BCUT2D eigenvalue weighted by molar-refractivity contribution is -0.870. The van der Waals surface area contributed by atoms with E-state index in [-0.39, 0.29) is 19.1 Å². The minimum atomic E-state index is -4.33. The first-order valence-corrected chi connectivity index (χ1v) is 20.7. The molecule has 0 saturated carbocycles. The third kappa shape index (κ3) is 33.3. The van der Waals surface area contributed by atoms with E-state index in [9.17, 15) is 19.4 Å². The van der Waals surface area contributed by atoms with E-state index < -0.39 is 20.0 Å². The average Bonchev–Trinajstić information content (AvgIpc) is 3.01. The summed E-state index contributed by atoms with van der Waals surface area (Å²) in [5.74, 6) is -0.189. The van der Waals surface area contributed by atoms with Crippen molar-refractivity contribution in [3.05, 3.63) is 24.3 Å². The molecule has 47 heavy (non-hydrogen) atoms. The maximum Gasteiger partial charge on any atom is 0.472 e. The number of phosphoric ester groups is 1. The van der Waals surface area contributed by atoms with Gasteiger partial charge in [0, 0.05) is 6.42 Å². The van der Waals surface area contributed by atoms with Crippen molar-refractivity contribution in [1.82, 2.24) is 5.32 Å². The predicted molar refractivity (Wildman–Crippen MR) is 198 cm³/mol. The molecule has 3 N–H and O–H groups in total. The standard InChI is InChI=1S/C38H75N2O6P/c1-6-8-10-12-14-16-18-20-22-24-26-28-30-32-38(42)39-36(35-46-47(43,44)45-34-33-40(3,4)5)37(41)31-29-27-25-23-21-19-17-15-13-11-9-7-2/h16,18,29,31,36-37,41H,6-15,17,19-28,30,32-35H2,1-5H3,(H-,39,42,43,44)/p+1/b18-16+,31-29+/t36-,37+/m0/s1. The van der Waals surface area contributed by atoms with Crippen molar-refractivity contribution in [1.29, 1.82) is 0 Å². The number of aliphatic hydroxyl groups excluding tert-OH is 1. The summed E-state index contributed by atoms with van der Waals surface area (Å²) in [5.41, 5.74) is 0. The Balaban J connectivity index is 4.56. The quantitative estimate of drug-likeness (QED) is 0.0269. The number of carbonyl (C=O) groups excluding carboxylic acids is 1. The van der Waals surface area contributed by atoms with Gasteiger partial charge in [-0.3, -0.25) is 13.8 Å². The normalized spacial score (nSPS) is 15.0. The zero-order valence-electron chi connectivity index (χ0n) is 31.3.